The molecule has 194 valence electrons. The molecule has 3 heterocycles. The van der Waals surface area contributed by atoms with Crippen molar-refractivity contribution in [2.75, 3.05) is 25.2 Å². The molecule has 1 aliphatic rings. The van der Waals surface area contributed by atoms with Gasteiger partial charge in [-0.1, -0.05) is 35.9 Å². The Kier molecular flexibility index (Phi) is 7.33. The highest BCUT2D eigenvalue weighted by molar-refractivity contribution is 6.32. The summed E-state index contributed by atoms with van der Waals surface area (Å²) in [5.41, 5.74) is 3.91. The molecule has 0 atom stereocenters. The van der Waals surface area contributed by atoms with Gasteiger partial charge in [-0.05, 0) is 54.8 Å². The molecule has 0 bridgehead atoms. The number of amides is 1. The fourth-order valence-corrected chi connectivity index (χ4v) is 4.85. The first-order valence-corrected chi connectivity index (χ1v) is 12.6. The number of anilines is 1. The van der Waals surface area contributed by atoms with Crippen molar-refractivity contribution in [3.63, 3.8) is 0 Å². The van der Waals surface area contributed by atoms with E-state index in [-0.39, 0.29) is 0 Å². The second kappa shape index (κ2) is 11.0. The standard InChI is InChI=1S/C29H26ClN3O5/c1-37-27(34)18-26(23-6-2-3-7-24(23)30)32-15-12-20-17-22(10-11-25(20)32)38-16-13-21-9-8-19-5-4-14-33(29(35)36)28(19)31-21/h2-3,6-12,15,17-18H,4-5,13-14,16H2,1H3,(H,35,36). The molecule has 0 aliphatic carbocycles. The Bertz CT molecular complexity index is 1540. The van der Waals surface area contributed by atoms with Gasteiger partial charge < -0.3 is 19.1 Å². The van der Waals surface area contributed by atoms with Crippen LogP contribution >= 0.6 is 11.6 Å². The Morgan fingerprint density at radius 3 is 2.76 bits per heavy atom. The van der Waals surface area contributed by atoms with Gasteiger partial charge in [0, 0.05) is 46.9 Å². The van der Waals surface area contributed by atoms with Crippen LogP contribution in [0, 0.1) is 0 Å². The predicted octanol–water partition coefficient (Wildman–Crippen LogP) is 5.80. The van der Waals surface area contributed by atoms with Crippen molar-refractivity contribution in [1.82, 2.24) is 9.55 Å². The first-order chi connectivity index (χ1) is 18.4. The summed E-state index contributed by atoms with van der Waals surface area (Å²) in [4.78, 5) is 29.6. The van der Waals surface area contributed by atoms with Crippen LogP contribution in [-0.2, 0) is 22.4 Å². The Morgan fingerprint density at radius 1 is 1.13 bits per heavy atom. The van der Waals surface area contributed by atoms with Gasteiger partial charge in [0.25, 0.3) is 0 Å². The SMILES string of the molecule is COC(=O)C=C(c1ccccc1Cl)n1ccc2cc(OCCc3ccc4c(n3)N(C(=O)O)CCC4)ccc21. The lowest BCUT2D eigenvalue weighted by Crippen LogP contribution is -2.35. The van der Waals surface area contributed by atoms with Crippen LogP contribution in [0.25, 0.3) is 16.6 Å². The number of benzene rings is 2. The minimum absolute atomic E-state index is 0.387. The monoisotopic (exact) mass is 531 g/mol. The number of esters is 1. The molecule has 0 unspecified atom stereocenters. The first-order valence-electron chi connectivity index (χ1n) is 12.2. The predicted molar refractivity (Wildman–Crippen MR) is 146 cm³/mol. The zero-order valence-electron chi connectivity index (χ0n) is 20.8. The lowest BCUT2D eigenvalue weighted by Gasteiger charge is -2.26. The van der Waals surface area contributed by atoms with Crippen LogP contribution in [0.2, 0.25) is 5.02 Å². The summed E-state index contributed by atoms with van der Waals surface area (Å²) in [7, 11) is 1.34. The number of hydrogen-bond donors (Lipinski definition) is 1. The second-order valence-corrected chi connectivity index (χ2v) is 9.27. The molecule has 2 aromatic heterocycles. The number of rotatable bonds is 7. The van der Waals surface area contributed by atoms with Crippen molar-refractivity contribution >= 4 is 46.1 Å². The molecule has 38 heavy (non-hydrogen) atoms. The lowest BCUT2D eigenvalue weighted by molar-refractivity contribution is -0.134. The molecule has 0 radical (unpaired) electrons. The number of carboxylic acid groups (broad SMARTS) is 1. The van der Waals surface area contributed by atoms with E-state index in [9.17, 15) is 14.7 Å². The van der Waals surface area contributed by atoms with Crippen molar-refractivity contribution in [2.45, 2.75) is 19.3 Å². The number of aromatic nitrogens is 2. The number of fused-ring (bicyclic) bond motifs is 2. The van der Waals surface area contributed by atoms with Gasteiger partial charge in [-0.15, -0.1) is 0 Å². The highest BCUT2D eigenvalue weighted by Crippen LogP contribution is 2.31. The smallest absolute Gasteiger partial charge is 0.413 e. The Hall–Kier alpha value is -4.30. The Morgan fingerprint density at radius 2 is 1.97 bits per heavy atom. The summed E-state index contributed by atoms with van der Waals surface area (Å²) in [6, 6.07) is 18.9. The number of ether oxygens (including phenoxy) is 2. The molecule has 5 rings (SSSR count). The average molecular weight is 532 g/mol. The van der Waals surface area contributed by atoms with Crippen LogP contribution in [0.15, 0.2) is 72.9 Å². The quantitative estimate of drug-likeness (QED) is 0.239. The normalized spacial score (nSPS) is 13.3. The molecule has 0 spiro atoms. The molecule has 8 nitrogen and oxygen atoms in total. The van der Waals surface area contributed by atoms with E-state index in [4.69, 9.17) is 21.1 Å². The zero-order valence-corrected chi connectivity index (χ0v) is 21.5. The molecule has 1 aliphatic heterocycles. The Balaban J connectivity index is 1.34. The third-order valence-corrected chi connectivity index (χ3v) is 6.81. The van der Waals surface area contributed by atoms with Gasteiger partial charge in [0.05, 0.1) is 24.9 Å². The van der Waals surface area contributed by atoms with Crippen LogP contribution in [0.3, 0.4) is 0 Å². The maximum Gasteiger partial charge on any atom is 0.413 e. The fraction of sp³-hybridized carbons (Fsp3) is 0.207. The third-order valence-electron chi connectivity index (χ3n) is 6.48. The van der Waals surface area contributed by atoms with Crippen molar-refractivity contribution in [3.8, 4) is 5.75 Å². The maximum atomic E-state index is 12.1. The largest absolute Gasteiger partial charge is 0.493 e. The van der Waals surface area contributed by atoms with E-state index in [0.29, 0.717) is 47.4 Å². The van der Waals surface area contributed by atoms with E-state index in [1.165, 1.54) is 18.1 Å². The average Bonchev–Trinajstić information content (AvgIpc) is 3.34. The second-order valence-electron chi connectivity index (χ2n) is 8.86. The van der Waals surface area contributed by atoms with Gasteiger partial charge in [0.2, 0.25) is 0 Å². The summed E-state index contributed by atoms with van der Waals surface area (Å²) in [6.45, 7) is 0.847. The molecule has 4 aromatic rings. The molecular weight excluding hydrogens is 506 g/mol. The summed E-state index contributed by atoms with van der Waals surface area (Å²) >= 11 is 6.45. The molecule has 0 saturated heterocycles. The number of pyridine rings is 1. The fourth-order valence-electron chi connectivity index (χ4n) is 4.61. The minimum atomic E-state index is -0.980. The molecule has 0 fully saturated rings. The number of nitrogens with zero attached hydrogens (tertiary/aromatic N) is 3. The van der Waals surface area contributed by atoms with Crippen LogP contribution in [0.4, 0.5) is 10.6 Å². The van der Waals surface area contributed by atoms with Crippen molar-refractivity contribution < 1.29 is 24.2 Å². The van der Waals surface area contributed by atoms with Gasteiger partial charge in [0.15, 0.2) is 0 Å². The van der Waals surface area contributed by atoms with Gasteiger partial charge in [-0.2, -0.15) is 0 Å². The van der Waals surface area contributed by atoms with Gasteiger partial charge in [-0.3, -0.25) is 4.90 Å². The topological polar surface area (TPSA) is 93.9 Å². The number of carbonyl (C=O) groups excluding carboxylic acids is 1. The molecule has 1 amide bonds. The minimum Gasteiger partial charge on any atom is -0.493 e. The first kappa shape index (κ1) is 25.4. The van der Waals surface area contributed by atoms with Gasteiger partial charge in [-0.25, -0.2) is 14.6 Å². The highest BCUT2D eigenvalue weighted by atomic mass is 35.5. The number of aryl methyl sites for hydroxylation is 1. The van der Waals surface area contributed by atoms with E-state index >= 15 is 0 Å². The van der Waals surface area contributed by atoms with E-state index in [1.807, 2.05) is 65.4 Å². The molecule has 0 saturated carbocycles. The van der Waals surface area contributed by atoms with Gasteiger partial charge in [0.1, 0.15) is 11.6 Å². The van der Waals surface area contributed by atoms with E-state index < -0.39 is 12.1 Å². The molecule has 9 heteroatoms. The highest BCUT2D eigenvalue weighted by Gasteiger charge is 2.23. The van der Waals surface area contributed by atoms with E-state index in [2.05, 4.69) is 4.98 Å². The number of carbonyl (C=O) groups is 2. The molecular formula is C29H26ClN3O5. The van der Waals surface area contributed by atoms with Crippen LogP contribution in [0.5, 0.6) is 5.75 Å². The van der Waals surface area contributed by atoms with Crippen LogP contribution < -0.4 is 9.64 Å². The van der Waals surface area contributed by atoms with Crippen molar-refractivity contribution in [3.05, 3.63) is 94.8 Å². The van der Waals surface area contributed by atoms with E-state index in [0.717, 1.165) is 35.0 Å². The Labute approximate surface area is 224 Å². The number of halogens is 1. The molecule has 2 aromatic carbocycles. The maximum absolute atomic E-state index is 12.1. The van der Waals surface area contributed by atoms with Crippen molar-refractivity contribution in [1.29, 1.82) is 0 Å². The van der Waals surface area contributed by atoms with E-state index in [1.54, 1.807) is 6.07 Å². The lowest BCUT2D eigenvalue weighted by atomic mass is 10.1. The summed E-state index contributed by atoms with van der Waals surface area (Å²) in [5.74, 6) is 0.735. The van der Waals surface area contributed by atoms with Crippen LogP contribution in [0.1, 0.15) is 23.2 Å². The summed E-state index contributed by atoms with van der Waals surface area (Å²) < 4.78 is 12.8. The van der Waals surface area contributed by atoms with Gasteiger partial charge >= 0.3 is 12.1 Å². The van der Waals surface area contributed by atoms with Crippen molar-refractivity contribution in [2.24, 2.45) is 0 Å². The summed E-state index contributed by atoms with van der Waals surface area (Å²) in [5, 5.41) is 10.9. The van der Waals surface area contributed by atoms with Crippen LogP contribution in [-0.4, -0.2) is 47.0 Å². The third kappa shape index (κ3) is 5.21. The molecule has 1 N–H and O–H groups in total. The summed E-state index contributed by atoms with van der Waals surface area (Å²) in [6.07, 6.45) is 4.48. The zero-order chi connectivity index (χ0) is 26.6. The number of methoxy groups -OCH3 is 1. The number of hydrogen-bond acceptors (Lipinski definition) is 5.